The minimum atomic E-state index is -0.0654. The van der Waals surface area contributed by atoms with E-state index in [0.717, 1.165) is 12.8 Å². The highest BCUT2D eigenvalue weighted by molar-refractivity contribution is 6.33. The molecule has 3 atom stereocenters. The van der Waals surface area contributed by atoms with Crippen LogP contribution in [-0.2, 0) is 9.47 Å². The van der Waals surface area contributed by atoms with Crippen molar-refractivity contribution in [3.05, 3.63) is 28.8 Å². The summed E-state index contributed by atoms with van der Waals surface area (Å²) in [6.07, 6.45) is 1.83. The molecule has 3 rings (SSSR count). The lowest BCUT2D eigenvalue weighted by Crippen LogP contribution is -2.53. The van der Waals surface area contributed by atoms with Crippen LogP contribution in [0.25, 0.3) is 0 Å². The molecular formula is C17H22ClNO4. The number of morpholine rings is 1. The molecule has 1 saturated carbocycles. The van der Waals surface area contributed by atoms with Crippen LogP contribution in [0.3, 0.4) is 0 Å². The lowest BCUT2D eigenvalue weighted by atomic mass is 10.1. The van der Waals surface area contributed by atoms with Crippen LogP contribution in [0.4, 0.5) is 0 Å². The van der Waals surface area contributed by atoms with Gasteiger partial charge in [0.05, 0.1) is 36.4 Å². The van der Waals surface area contributed by atoms with Gasteiger partial charge >= 0.3 is 0 Å². The van der Waals surface area contributed by atoms with Crippen molar-refractivity contribution in [1.82, 2.24) is 4.90 Å². The molecule has 0 spiro atoms. The van der Waals surface area contributed by atoms with E-state index in [1.54, 1.807) is 25.3 Å². The summed E-state index contributed by atoms with van der Waals surface area (Å²) in [4.78, 5) is 14.9. The lowest BCUT2D eigenvalue weighted by Gasteiger charge is -2.39. The number of benzene rings is 1. The molecule has 2 aliphatic rings. The SMILES string of the molecule is CCO[C@H]1CC[C@H]2[C@H]1OCCN2C(=O)c1cc(OC)ccc1Cl. The van der Waals surface area contributed by atoms with E-state index in [4.69, 9.17) is 25.8 Å². The van der Waals surface area contributed by atoms with Gasteiger partial charge in [0.15, 0.2) is 0 Å². The number of nitrogens with zero attached hydrogens (tertiary/aromatic N) is 1. The predicted octanol–water partition coefficient (Wildman–Crippen LogP) is 2.76. The summed E-state index contributed by atoms with van der Waals surface area (Å²) in [7, 11) is 1.58. The van der Waals surface area contributed by atoms with Crippen LogP contribution in [0.1, 0.15) is 30.1 Å². The van der Waals surface area contributed by atoms with Crippen molar-refractivity contribution in [1.29, 1.82) is 0 Å². The number of methoxy groups -OCH3 is 1. The zero-order valence-electron chi connectivity index (χ0n) is 13.5. The normalized spacial score (nSPS) is 26.9. The van der Waals surface area contributed by atoms with E-state index < -0.39 is 0 Å². The van der Waals surface area contributed by atoms with Gasteiger partial charge < -0.3 is 19.1 Å². The molecule has 0 unspecified atom stereocenters. The highest BCUT2D eigenvalue weighted by atomic mass is 35.5. The topological polar surface area (TPSA) is 48.0 Å². The smallest absolute Gasteiger partial charge is 0.255 e. The first-order valence-electron chi connectivity index (χ1n) is 8.03. The first-order chi connectivity index (χ1) is 11.2. The van der Waals surface area contributed by atoms with Gasteiger partial charge in [0.25, 0.3) is 5.91 Å². The van der Waals surface area contributed by atoms with Gasteiger partial charge in [-0.1, -0.05) is 11.6 Å². The monoisotopic (exact) mass is 339 g/mol. The van der Waals surface area contributed by atoms with E-state index >= 15 is 0 Å². The van der Waals surface area contributed by atoms with Crippen molar-refractivity contribution in [3.8, 4) is 5.75 Å². The quantitative estimate of drug-likeness (QED) is 0.846. The van der Waals surface area contributed by atoms with Crippen LogP contribution < -0.4 is 4.74 Å². The van der Waals surface area contributed by atoms with Crippen LogP contribution in [-0.4, -0.2) is 55.9 Å². The van der Waals surface area contributed by atoms with Crippen LogP contribution >= 0.6 is 11.6 Å². The lowest BCUT2D eigenvalue weighted by molar-refractivity contribution is -0.102. The van der Waals surface area contributed by atoms with Crippen molar-refractivity contribution < 1.29 is 19.0 Å². The summed E-state index contributed by atoms with van der Waals surface area (Å²) in [5.41, 5.74) is 0.478. The molecule has 1 amide bonds. The Balaban J connectivity index is 1.82. The van der Waals surface area contributed by atoms with Gasteiger partial charge in [-0.25, -0.2) is 0 Å². The Bertz CT molecular complexity index is 580. The average molecular weight is 340 g/mol. The summed E-state index contributed by atoms with van der Waals surface area (Å²) in [5, 5.41) is 0.443. The molecule has 2 fully saturated rings. The van der Waals surface area contributed by atoms with Crippen LogP contribution in [0, 0.1) is 0 Å². The predicted molar refractivity (Wildman–Crippen MR) is 87.2 cm³/mol. The van der Waals surface area contributed by atoms with Crippen LogP contribution in [0.5, 0.6) is 5.75 Å². The average Bonchev–Trinajstić information content (AvgIpc) is 2.98. The number of fused-ring (bicyclic) bond motifs is 1. The van der Waals surface area contributed by atoms with Gasteiger partial charge in [-0.15, -0.1) is 0 Å². The van der Waals surface area contributed by atoms with E-state index in [1.165, 1.54) is 0 Å². The fourth-order valence-electron chi connectivity index (χ4n) is 3.51. The van der Waals surface area contributed by atoms with Crippen molar-refractivity contribution in [2.45, 2.75) is 38.0 Å². The number of carbonyl (C=O) groups excluding carboxylic acids is 1. The van der Waals surface area contributed by atoms with Crippen molar-refractivity contribution in [2.24, 2.45) is 0 Å². The third-order valence-electron chi connectivity index (χ3n) is 4.58. The number of rotatable bonds is 4. The minimum absolute atomic E-state index is 0.0444. The molecule has 0 bridgehead atoms. The number of hydrogen-bond acceptors (Lipinski definition) is 4. The highest BCUT2D eigenvalue weighted by Crippen LogP contribution is 2.34. The molecular weight excluding hydrogens is 318 g/mol. The molecule has 6 heteroatoms. The van der Waals surface area contributed by atoms with Gasteiger partial charge in [-0.05, 0) is 38.0 Å². The molecule has 1 aliphatic heterocycles. The highest BCUT2D eigenvalue weighted by Gasteiger charge is 2.45. The second-order valence-electron chi connectivity index (χ2n) is 5.82. The molecule has 0 aromatic heterocycles. The zero-order chi connectivity index (χ0) is 16.4. The Hall–Kier alpha value is -1.30. The van der Waals surface area contributed by atoms with E-state index in [0.29, 0.717) is 36.1 Å². The van der Waals surface area contributed by atoms with Crippen molar-refractivity contribution >= 4 is 17.5 Å². The molecule has 1 saturated heterocycles. The molecule has 1 heterocycles. The Kier molecular flexibility index (Phi) is 5.09. The molecule has 0 N–H and O–H groups in total. The molecule has 5 nitrogen and oxygen atoms in total. The summed E-state index contributed by atoms with van der Waals surface area (Å²) in [5.74, 6) is 0.561. The number of halogens is 1. The number of amides is 1. The standard InChI is InChI=1S/C17H22ClNO4/c1-3-22-15-7-6-14-16(15)23-9-8-19(14)17(20)12-10-11(21-2)4-5-13(12)18/h4-5,10,14-16H,3,6-9H2,1-2H3/t14-,15-,16+/m0/s1. The van der Waals surface area contributed by atoms with Gasteiger partial charge in [-0.2, -0.15) is 0 Å². The molecule has 126 valence electrons. The fourth-order valence-corrected chi connectivity index (χ4v) is 3.71. The fraction of sp³-hybridized carbons (Fsp3) is 0.588. The Morgan fingerprint density at radius 3 is 3.00 bits per heavy atom. The number of hydrogen-bond donors (Lipinski definition) is 0. The van der Waals surface area contributed by atoms with Gasteiger partial charge in [0.1, 0.15) is 11.9 Å². The van der Waals surface area contributed by atoms with Gasteiger partial charge in [0.2, 0.25) is 0 Å². The largest absolute Gasteiger partial charge is 0.497 e. The maximum absolute atomic E-state index is 13.0. The van der Waals surface area contributed by atoms with E-state index in [2.05, 4.69) is 0 Å². The molecule has 1 aromatic carbocycles. The van der Waals surface area contributed by atoms with E-state index in [1.807, 2.05) is 11.8 Å². The van der Waals surface area contributed by atoms with E-state index in [9.17, 15) is 4.79 Å². The minimum Gasteiger partial charge on any atom is -0.497 e. The number of carbonyl (C=O) groups is 1. The number of ether oxygens (including phenoxy) is 3. The molecule has 1 aromatic rings. The summed E-state index contributed by atoms with van der Waals surface area (Å²) in [6.45, 7) is 3.74. The Labute approximate surface area is 141 Å². The maximum Gasteiger partial charge on any atom is 0.255 e. The first-order valence-corrected chi connectivity index (χ1v) is 8.41. The third kappa shape index (κ3) is 3.18. The van der Waals surface area contributed by atoms with Gasteiger partial charge in [-0.3, -0.25) is 4.79 Å². The molecule has 1 aliphatic carbocycles. The van der Waals surface area contributed by atoms with Gasteiger partial charge in [0, 0.05) is 13.2 Å². The summed E-state index contributed by atoms with van der Waals surface area (Å²) >= 11 is 6.23. The third-order valence-corrected chi connectivity index (χ3v) is 4.91. The molecule has 0 radical (unpaired) electrons. The summed E-state index contributed by atoms with van der Waals surface area (Å²) < 4.78 is 16.8. The second-order valence-corrected chi connectivity index (χ2v) is 6.23. The second kappa shape index (κ2) is 7.07. The zero-order valence-corrected chi connectivity index (χ0v) is 14.2. The summed E-state index contributed by atoms with van der Waals surface area (Å²) in [6, 6.07) is 5.20. The van der Waals surface area contributed by atoms with Crippen LogP contribution in [0.2, 0.25) is 5.02 Å². The van der Waals surface area contributed by atoms with Crippen LogP contribution in [0.15, 0.2) is 18.2 Å². The first kappa shape index (κ1) is 16.6. The Morgan fingerprint density at radius 1 is 1.43 bits per heavy atom. The van der Waals surface area contributed by atoms with Crippen molar-refractivity contribution in [2.75, 3.05) is 26.9 Å². The molecule has 23 heavy (non-hydrogen) atoms. The van der Waals surface area contributed by atoms with Crippen molar-refractivity contribution in [3.63, 3.8) is 0 Å². The van der Waals surface area contributed by atoms with E-state index in [-0.39, 0.29) is 24.2 Å². The maximum atomic E-state index is 13.0. The Morgan fingerprint density at radius 2 is 2.26 bits per heavy atom.